The van der Waals surface area contributed by atoms with Crippen molar-refractivity contribution in [3.8, 4) is 5.75 Å². The number of rotatable bonds is 8. The molecule has 2 aliphatic rings. The highest BCUT2D eigenvalue weighted by Crippen LogP contribution is 2.34. The Bertz CT molecular complexity index is 1320. The molecule has 2 aliphatic heterocycles. The fourth-order valence-electron chi connectivity index (χ4n) is 5.28. The molecule has 1 N–H and O–H groups in total. The highest BCUT2D eigenvalue weighted by Gasteiger charge is 2.34. The summed E-state index contributed by atoms with van der Waals surface area (Å²) in [5.74, 6) is 0.705. The first-order valence-corrected chi connectivity index (χ1v) is 14.6. The number of thiophene rings is 1. The van der Waals surface area contributed by atoms with Gasteiger partial charge >= 0.3 is 6.03 Å². The van der Waals surface area contributed by atoms with Crippen LogP contribution >= 0.6 is 22.9 Å². The zero-order chi connectivity index (χ0) is 27.4. The topological polar surface area (TPSA) is 71.1 Å². The molecule has 1 saturated heterocycles. The molecule has 3 heterocycles. The molecule has 1 aromatic heterocycles. The number of nitrogens with zero attached hydrogens (tertiary/aromatic N) is 2. The summed E-state index contributed by atoms with van der Waals surface area (Å²) in [7, 11) is 0. The van der Waals surface area contributed by atoms with Crippen LogP contribution in [0.25, 0.3) is 0 Å². The van der Waals surface area contributed by atoms with E-state index in [2.05, 4.69) is 29.8 Å². The first-order valence-electron chi connectivity index (χ1n) is 13.4. The van der Waals surface area contributed by atoms with Crippen LogP contribution in [0.1, 0.15) is 40.5 Å². The van der Waals surface area contributed by atoms with Crippen molar-refractivity contribution in [2.45, 2.75) is 45.3 Å². The molecule has 0 aliphatic carbocycles. The number of benzene rings is 2. The zero-order valence-electron chi connectivity index (χ0n) is 22.3. The van der Waals surface area contributed by atoms with Crippen LogP contribution in [0, 0.1) is 13.8 Å². The van der Waals surface area contributed by atoms with Crippen LogP contribution in [0.3, 0.4) is 0 Å². The minimum Gasteiger partial charge on any atom is -0.491 e. The van der Waals surface area contributed by atoms with Crippen LogP contribution in [-0.2, 0) is 16.0 Å². The van der Waals surface area contributed by atoms with Crippen molar-refractivity contribution in [3.63, 3.8) is 0 Å². The molecular weight excluding hydrogens is 534 g/mol. The van der Waals surface area contributed by atoms with E-state index in [9.17, 15) is 9.59 Å². The maximum Gasteiger partial charge on any atom is 0.322 e. The van der Waals surface area contributed by atoms with Crippen molar-refractivity contribution in [3.05, 3.63) is 80.5 Å². The van der Waals surface area contributed by atoms with Gasteiger partial charge in [-0.25, -0.2) is 4.79 Å². The number of ether oxygens (including phenoxy) is 2. The fourth-order valence-corrected chi connectivity index (χ4v) is 6.40. The van der Waals surface area contributed by atoms with Crippen LogP contribution in [0.4, 0.5) is 10.5 Å². The molecule has 5 rings (SSSR count). The van der Waals surface area contributed by atoms with Crippen molar-refractivity contribution in [2.24, 2.45) is 0 Å². The lowest BCUT2D eigenvalue weighted by atomic mass is 10.00. The highest BCUT2D eigenvalue weighted by atomic mass is 35.5. The Morgan fingerprint density at radius 2 is 2.08 bits per heavy atom. The van der Waals surface area contributed by atoms with Gasteiger partial charge in [0.25, 0.3) is 0 Å². The van der Waals surface area contributed by atoms with Gasteiger partial charge in [0.15, 0.2) is 0 Å². The number of aryl methyl sites for hydroxylation is 2. The van der Waals surface area contributed by atoms with Gasteiger partial charge in [-0.3, -0.25) is 4.79 Å². The minimum absolute atomic E-state index is 0.0498. The molecule has 1 fully saturated rings. The van der Waals surface area contributed by atoms with Gasteiger partial charge in [0, 0.05) is 35.3 Å². The average molecular weight is 568 g/mol. The van der Waals surface area contributed by atoms with Gasteiger partial charge in [-0.15, -0.1) is 11.3 Å². The normalized spacial score (nSPS) is 18.5. The first-order chi connectivity index (χ1) is 18.9. The molecule has 2 aromatic carbocycles. The van der Waals surface area contributed by atoms with Gasteiger partial charge in [0.2, 0.25) is 5.91 Å². The van der Waals surface area contributed by atoms with E-state index in [1.807, 2.05) is 24.0 Å². The van der Waals surface area contributed by atoms with E-state index < -0.39 is 0 Å². The molecule has 7 nitrogen and oxygen atoms in total. The van der Waals surface area contributed by atoms with E-state index in [0.717, 1.165) is 36.1 Å². The molecule has 0 spiro atoms. The lowest BCUT2D eigenvalue weighted by Gasteiger charge is -2.37. The highest BCUT2D eigenvalue weighted by molar-refractivity contribution is 7.10. The van der Waals surface area contributed by atoms with Gasteiger partial charge in [-0.1, -0.05) is 35.4 Å². The number of carbonyl (C=O) groups is 2. The number of carbonyl (C=O) groups excluding carboxylic acids is 2. The maximum absolute atomic E-state index is 13.8. The standard InChI is InChI=1S/C30H34ClN3O4S/c1-20-8-9-27(21(2)15-20)38-19-26-25-11-14-39-28(25)10-12-34(26)29(35)18-33(17-24-7-4-13-37-24)30(36)32-23-6-3-5-22(31)16-23/h3,5-6,8-9,11,14-16,24,26H,4,7,10,12-13,17-19H2,1-2H3,(H,32,36)/t24-,26+/m1/s1. The minimum atomic E-state index is -0.350. The number of halogens is 1. The summed E-state index contributed by atoms with van der Waals surface area (Å²) >= 11 is 7.83. The van der Waals surface area contributed by atoms with Crippen molar-refractivity contribution < 1.29 is 19.1 Å². The summed E-state index contributed by atoms with van der Waals surface area (Å²) in [5.41, 5.74) is 3.95. The Balaban J connectivity index is 1.33. The maximum atomic E-state index is 13.8. The number of anilines is 1. The fraction of sp³-hybridized carbons (Fsp3) is 0.400. The molecule has 0 radical (unpaired) electrons. The molecule has 9 heteroatoms. The number of urea groups is 1. The number of amides is 3. The van der Waals surface area contributed by atoms with E-state index in [1.54, 1.807) is 40.5 Å². The molecule has 3 aromatic rings. The summed E-state index contributed by atoms with van der Waals surface area (Å²) in [5, 5.41) is 5.50. The third kappa shape index (κ3) is 6.75. The second-order valence-electron chi connectivity index (χ2n) is 10.2. The predicted molar refractivity (Wildman–Crippen MR) is 155 cm³/mol. The second-order valence-corrected chi connectivity index (χ2v) is 11.6. The molecule has 39 heavy (non-hydrogen) atoms. The van der Waals surface area contributed by atoms with Crippen LogP contribution in [-0.4, -0.2) is 60.7 Å². The first kappa shape index (κ1) is 27.5. The smallest absolute Gasteiger partial charge is 0.322 e. The predicted octanol–water partition coefficient (Wildman–Crippen LogP) is 6.24. The van der Waals surface area contributed by atoms with E-state index in [0.29, 0.717) is 37.0 Å². The van der Waals surface area contributed by atoms with Gasteiger partial charge in [-0.2, -0.15) is 0 Å². The molecule has 0 unspecified atom stereocenters. The van der Waals surface area contributed by atoms with Crippen LogP contribution < -0.4 is 10.1 Å². The SMILES string of the molecule is Cc1ccc(OC[C@H]2c3ccsc3CCN2C(=O)CN(C[C@H]2CCCO2)C(=O)Nc2cccc(Cl)c2)c(C)c1. The van der Waals surface area contributed by atoms with Crippen LogP contribution in [0.5, 0.6) is 5.75 Å². The van der Waals surface area contributed by atoms with E-state index in [1.165, 1.54) is 10.4 Å². The molecule has 206 valence electrons. The number of hydrogen-bond donors (Lipinski definition) is 1. The van der Waals surface area contributed by atoms with E-state index in [-0.39, 0.29) is 30.6 Å². The third-order valence-corrected chi connectivity index (χ3v) is 8.51. The summed E-state index contributed by atoms with van der Waals surface area (Å²) in [4.78, 5) is 31.9. The van der Waals surface area contributed by atoms with Gasteiger partial charge < -0.3 is 24.6 Å². The van der Waals surface area contributed by atoms with Gasteiger partial charge in [-0.05, 0) is 79.9 Å². The summed E-state index contributed by atoms with van der Waals surface area (Å²) in [6.07, 6.45) is 2.52. The monoisotopic (exact) mass is 567 g/mol. The Kier molecular flexibility index (Phi) is 8.75. The summed E-state index contributed by atoms with van der Waals surface area (Å²) in [6, 6.07) is 14.6. The molecule has 3 amide bonds. The summed E-state index contributed by atoms with van der Waals surface area (Å²) < 4.78 is 12.1. The Morgan fingerprint density at radius 1 is 1.21 bits per heavy atom. The van der Waals surface area contributed by atoms with Crippen molar-refractivity contribution in [1.29, 1.82) is 0 Å². The van der Waals surface area contributed by atoms with Gasteiger partial charge in [0.1, 0.15) is 18.9 Å². The molecule has 2 atom stereocenters. The molecule has 0 saturated carbocycles. The molecular formula is C30H34ClN3O4S. The number of hydrogen-bond acceptors (Lipinski definition) is 5. The van der Waals surface area contributed by atoms with Crippen LogP contribution in [0.15, 0.2) is 53.9 Å². The van der Waals surface area contributed by atoms with Crippen molar-refractivity contribution in [1.82, 2.24) is 9.80 Å². The van der Waals surface area contributed by atoms with Gasteiger partial charge in [0.05, 0.1) is 12.1 Å². The van der Waals surface area contributed by atoms with E-state index >= 15 is 0 Å². The van der Waals surface area contributed by atoms with Crippen molar-refractivity contribution in [2.75, 3.05) is 38.2 Å². The Labute approximate surface area is 238 Å². The van der Waals surface area contributed by atoms with E-state index in [4.69, 9.17) is 21.1 Å². The lowest BCUT2D eigenvalue weighted by molar-refractivity contribution is -0.135. The van der Waals surface area contributed by atoms with Crippen molar-refractivity contribution >= 4 is 40.6 Å². The molecule has 0 bridgehead atoms. The third-order valence-electron chi connectivity index (χ3n) is 7.28. The number of fused-ring (bicyclic) bond motifs is 1. The quantitative estimate of drug-likeness (QED) is 0.350. The number of nitrogens with one attached hydrogen (secondary N) is 1. The Morgan fingerprint density at radius 3 is 2.85 bits per heavy atom. The second kappa shape index (κ2) is 12.4. The van der Waals surface area contributed by atoms with Crippen LogP contribution in [0.2, 0.25) is 5.02 Å². The summed E-state index contributed by atoms with van der Waals surface area (Å²) in [6.45, 7) is 5.99. The largest absolute Gasteiger partial charge is 0.491 e. The lowest BCUT2D eigenvalue weighted by Crippen LogP contribution is -2.50. The average Bonchev–Trinajstić information content (AvgIpc) is 3.60. The Hall–Kier alpha value is -3.07. The zero-order valence-corrected chi connectivity index (χ0v) is 23.9.